The van der Waals surface area contributed by atoms with Gasteiger partial charge in [0.1, 0.15) is 0 Å². The summed E-state index contributed by atoms with van der Waals surface area (Å²) in [4.78, 5) is 4.66. The number of hydrogen-bond acceptors (Lipinski definition) is 2. The van der Waals surface area contributed by atoms with Crippen molar-refractivity contribution < 1.29 is 0 Å². The number of rotatable bonds is 4. The third-order valence-electron chi connectivity index (χ3n) is 4.96. The lowest BCUT2D eigenvalue weighted by molar-refractivity contribution is 0.389. The van der Waals surface area contributed by atoms with Crippen molar-refractivity contribution in [3.63, 3.8) is 0 Å². The standard InChI is InChI=1S/C21H42N2Si2/c1-18(2,3)24(19(4,5)6)16-22-13-14-23(15-22)17-25(20(7,8)9)21(10,11)12/h13-14H,16-17H2,1-12H3. The molecular weight excluding hydrogens is 336 g/mol. The summed E-state index contributed by atoms with van der Waals surface area (Å²) >= 11 is 0. The van der Waals surface area contributed by atoms with Crippen LogP contribution in [0.5, 0.6) is 0 Å². The van der Waals surface area contributed by atoms with Gasteiger partial charge in [0.15, 0.2) is 0 Å². The summed E-state index contributed by atoms with van der Waals surface area (Å²) in [5, 5.41) is 1.55. The van der Waals surface area contributed by atoms with E-state index in [1.54, 1.807) is 0 Å². The van der Waals surface area contributed by atoms with Crippen molar-refractivity contribution in [2.75, 3.05) is 12.3 Å². The van der Waals surface area contributed by atoms with E-state index in [-0.39, 0.29) is 0 Å². The van der Waals surface area contributed by atoms with Gasteiger partial charge in [0.05, 0.1) is 17.6 Å². The first-order chi connectivity index (χ1) is 10.9. The maximum Gasteiger partial charge on any atom is 0.207 e. The molecule has 144 valence electrons. The lowest BCUT2D eigenvalue weighted by atomic mass is 10.2. The molecule has 0 aromatic rings. The summed E-state index contributed by atoms with van der Waals surface area (Å²) in [5.41, 5.74) is 0. The van der Waals surface area contributed by atoms with E-state index in [4.69, 9.17) is 0 Å². The van der Waals surface area contributed by atoms with Crippen LogP contribution < -0.4 is 0 Å². The Bertz CT molecular complexity index is 388. The molecule has 1 heterocycles. The quantitative estimate of drug-likeness (QED) is 0.527. The average molecular weight is 379 g/mol. The van der Waals surface area contributed by atoms with Gasteiger partial charge < -0.3 is 9.80 Å². The van der Waals surface area contributed by atoms with Crippen LogP contribution in [0.15, 0.2) is 12.4 Å². The Balaban J connectivity index is 2.77. The molecule has 1 rings (SSSR count). The van der Waals surface area contributed by atoms with Gasteiger partial charge in [0.25, 0.3) is 0 Å². The average Bonchev–Trinajstić information content (AvgIpc) is 2.75. The third-order valence-corrected chi connectivity index (χ3v) is 13.5. The zero-order chi connectivity index (χ0) is 19.8. The Morgan fingerprint density at radius 2 is 0.800 bits per heavy atom. The molecule has 2 nitrogen and oxygen atoms in total. The summed E-state index contributed by atoms with van der Waals surface area (Å²) in [6.45, 7) is 32.5. The smallest absolute Gasteiger partial charge is 0.207 e. The summed E-state index contributed by atoms with van der Waals surface area (Å²) in [6.07, 6.45) is 6.76. The zero-order valence-electron chi connectivity index (χ0n) is 19.0. The highest BCUT2D eigenvalue weighted by atomic mass is 28.3. The largest absolute Gasteiger partial charge is 0.349 e. The molecule has 25 heavy (non-hydrogen) atoms. The highest BCUT2D eigenvalue weighted by molar-refractivity contribution is 6.65. The van der Waals surface area contributed by atoms with Gasteiger partial charge in [0, 0.05) is 24.7 Å². The van der Waals surface area contributed by atoms with Crippen molar-refractivity contribution in [3.8, 4) is 0 Å². The lowest BCUT2D eigenvalue weighted by Gasteiger charge is -2.42. The van der Waals surface area contributed by atoms with E-state index in [2.05, 4.69) is 112 Å². The van der Waals surface area contributed by atoms with Gasteiger partial charge >= 0.3 is 0 Å². The number of nitrogens with zero attached hydrogens (tertiary/aromatic N) is 2. The molecule has 0 aromatic heterocycles. The van der Waals surface area contributed by atoms with Crippen molar-refractivity contribution in [2.24, 2.45) is 0 Å². The molecular formula is C21H42N2Si2. The fraction of sp³-hybridized carbons (Fsp3) is 0.857. The molecule has 1 aliphatic heterocycles. The minimum Gasteiger partial charge on any atom is -0.349 e. The Morgan fingerprint density at radius 3 is 1.00 bits per heavy atom. The van der Waals surface area contributed by atoms with E-state index in [0.717, 1.165) is 12.3 Å². The van der Waals surface area contributed by atoms with E-state index in [9.17, 15) is 0 Å². The van der Waals surface area contributed by atoms with Gasteiger partial charge in [-0.1, -0.05) is 83.1 Å². The van der Waals surface area contributed by atoms with Gasteiger partial charge in [-0.3, -0.25) is 0 Å². The van der Waals surface area contributed by atoms with Crippen molar-refractivity contribution >= 4 is 17.6 Å². The predicted octanol–water partition coefficient (Wildman–Crippen LogP) is 6.34. The van der Waals surface area contributed by atoms with Crippen LogP contribution in [-0.2, 0) is 0 Å². The van der Waals surface area contributed by atoms with Crippen LogP contribution in [-0.4, -0.2) is 39.7 Å². The maximum absolute atomic E-state index is 3.65. The molecule has 4 heteroatoms. The van der Waals surface area contributed by atoms with E-state index in [1.807, 2.05) is 0 Å². The summed E-state index contributed by atoms with van der Waals surface area (Å²) in [7, 11) is -1.14. The fourth-order valence-corrected chi connectivity index (χ4v) is 11.5. The van der Waals surface area contributed by atoms with Crippen molar-refractivity contribution in [3.05, 3.63) is 19.1 Å². The molecule has 1 aliphatic rings. The topological polar surface area (TPSA) is 6.48 Å². The van der Waals surface area contributed by atoms with E-state index < -0.39 is 17.6 Å². The molecule has 0 saturated carbocycles. The van der Waals surface area contributed by atoms with E-state index in [0.29, 0.717) is 20.2 Å². The molecule has 0 aliphatic carbocycles. The summed E-state index contributed by atoms with van der Waals surface area (Å²) < 4.78 is 0. The van der Waals surface area contributed by atoms with Crippen LogP contribution in [0.4, 0.5) is 0 Å². The zero-order valence-corrected chi connectivity index (χ0v) is 21.0. The molecule has 4 radical (unpaired) electrons. The highest BCUT2D eigenvalue weighted by Crippen LogP contribution is 2.44. The minimum absolute atomic E-state index is 0.387. The van der Waals surface area contributed by atoms with Gasteiger partial charge in [-0.2, -0.15) is 0 Å². The molecule has 0 bridgehead atoms. The number of hydrogen-bond donors (Lipinski definition) is 0. The summed E-state index contributed by atoms with van der Waals surface area (Å²) in [6, 6.07) is 0. The molecule has 0 spiro atoms. The normalized spacial score (nSPS) is 17.4. The van der Waals surface area contributed by atoms with Gasteiger partial charge in [-0.25, -0.2) is 0 Å². The molecule has 0 N–H and O–H groups in total. The molecule has 0 amide bonds. The van der Waals surface area contributed by atoms with Crippen LogP contribution in [0.2, 0.25) is 20.2 Å². The minimum atomic E-state index is -0.572. The van der Waals surface area contributed by atoms with Crippen LogP contribution >= 0.6 is 0 Å². The maximum atomic E-state index is 3.65. The molecule has 0 fully saturated rings. The molecule has 0 aromatic carbocycles. The second-order valence-electron chi connectivity index (χ2n) is 11.6. The molecule has 0 atom stereocenters. The molecule has 0 unspecified atom stereocenters. The van der Waals surface area contributed by atoms with Gasteiger partial charge in [0.2, 0.25) is 6.67 Å². The van der Waals surface area contributed by atoms with Gasteiger partial charge in [-0.15, -0.1) is 0 Å². The SMILES string of the molecule is CC(C)(C)[Si](CN1[C]N(C[Si](C(C)(C)C)C(C)(C)C)C=C1)C(C)(C)C. The first-order valence-corrected chi connectivity index (χ1v) is 13.1. The first-order valence-electron chi connectivity index (χ1n) is 9.64. The fourth-order valence-electron chi connectivity index (χ4n) is 4.11. The van der Waals surface area contributed by atoms with Crippen LogP contribution in [0.25, 0.3) is 0 Å². The summed E-state index contributed by atoms with van der Waals surface area (Å²) in [5.74, 6) is 0. The Kier molecular flexibility index (Phi) is 6.77. The van der Waals surface area contributed by atoms with E-state index >= 15 is 0 Å². The van der Waals surface area contributed by atoms with Crippen molar-refractivity contribution in [1.82, 2.24) is 9.80 Å². The second kappa shape index (κ2) is 7.42. The predicted molar refractivity (Wildman–Crippen MR) is 116 cm³/mol. The second-order valence-corrected chi connectivity index (χ2v) is 20.2. The molecule has 0 saturated heterocycles. The Hall–Kier alpha value is -0.226. The van der Waals surface area contributed by atoms with Crippen molar-refractivity contribution in [2.45, 2.75) is 103 Å². The Labute approximate surface area is 162 Å². The van der Waals surface area contributed by atoms with E-state index in [1.165, 1.54) is 0 Å². The Morgan fingerprint density at radius 1 is 0.560 bits per heavy atom. The van der Waals surface area contributed by atoms with Crippen LogP contribution in [0.1, 0.15) is 83.1 Å². The van der Waals surface area contributed by atoms with Crippen LogP contribution in [0.3, 0.4) is 0 Å². The highest BCUT2D eigenvalue weighted by Gasteiger charge is 2.40. The third kappa shape index (κ3) is 6.78. The van der Waals surface area contributed by atoms with Gasteiger partial charge in [-0.05, 0) is 20.2 Å². The lowest BCUT2D eigenvalue weighted by Crippen LogP contribution is -2.46. The van der Waals surface area contributed by atoms with Crippen molar-refractivity contribution in [1.29, 1.82) is 0 Å². The monoisotopic (exact) mass is 378 g/mol. The first kappa shape index (κ1) is 22.8. The van der Waals surface area contributed by atoms with Crippen LogP contribution in [0, 0.1) is 6.67 Å².